The average molecular weight is 302 g/mol. The van der Waals surface area contributed by atoms with Crippen LogP contribution >= 0.6 is 0 Å². The van der Waals surface area contributed by atoms with E-state index in [0.29, 0.717) is 19.6 Å². The Bertz CT molecular complexity index is 528. The Kier molecular flexibility index (Phi) is 5.79. The highest BCUT2D eigenvalue weighted by atomic mass is 32.2. The quantitative estimate of drug-likeness (QED) is 0.782. The molecule has 0 saturated carbocycles. The smallest absolute Gasteiger partial charge is 0.245 e. The van der Waals surface area contributed by atoms with Gasteiger partial charge in [-0.25, -0.2) is 13.6 Å². The summed E-state index contributed by atoms with van der Waals surface area (Å²) in [6.07, 6.45) is 0.588. The molecular weight excluding hydrogens is 280 g/mol. The number of ether oxygens (including phenoxy) is 2. The zero-order valence-electron chi connectivity index (χ0n) is 12.0. The van der Waals surface area contributed by atoms with Crippen LogP contribution in [0.1, 0.15) is 26.3 Å². The maximum Gasteiger partial charge on any atom is 0.245 e. The number of rotatable bonds is 7. The van der Waals surface area contributed by atoms with Gasteiger partial charge in [-0.2, -0.15) is 0 Å². The predicted octanol–water partition coefficient (Wildman–Crippen LogP) is 1.02. The minimum atomic E-state index is -3.93. The lowest BCUT2D eigenvalue weighted by Gasteiger charge is -2.16. The highest BCUT2D eigenvalue weighted by Crippen LogP contribution is 2.34. The third-order valence-corrected chi connectivity index (χ3v) is 3.49. The van der Waals surface area contributed by atoms with E-state index in [1.807, 2.05) is 6.92 Å². The monoisotopic (exact) mass is 302 g/mol. The summed E-state index contributed by atoms with van der Waals surface area (Å²) >= 11 is 0. The third-order valence-electron chi connectivity index (χ3n) is 2.52. The highest BCUT2D eigenvalue weighted by molar-refractivity contribution is 7.89. The van der Waals surface area contributed by atoms with Crippen molar-refractivity contribution >= 4 is 10.0 Å². The molecule has 0 fully saturated rings. The fraction of sp³-hybridized carbons (Fsp3) is 0.538. The van der Waals surface area contributed by atoms with Crippen molar-refractivity contribution in [2.24, 2.45) is 10.9 Å². The zero-order valence-corrected chi connectivity index (χ0v) is 12.9. The molecule has 114 valence electrons. The SMILES string of the molecule is CCOc1cc(CC(C)N)cc(OCC)c1S(N)(=O)=O. The molecule has 20 heavy (non-hydrogen) atoms. The van der Waals surface area contributed by atoms with Crippen molar-refractivity contribution in [1.29, 1.82) is 0 Å². The molecule has 0 aliphatic rings. The van der Waals surface area contributed by atoms with Crippen LogP contribution in [0, 0.1) is 0 Å². The number of hydrogen-bond acceptors (Lipinski definition) is 5. The van der Waals surface area contributed by atoms with Gasteiger partial charge in [0.2, 0.25) is 10.0 Å². The zero-order chi connectivity index (χ0) is 15.3. The van der Waals surface area contributed by atoms with Gasteiger partial charge in [0.15, 0.2) is 4.90 Å². The van der Waals surface area contributed by atoms with Gasteiger partial charge in [-0.1, -0.05) is 0 Å². The molecule has 1 aromatic rings. The van der Waals surface area contributed by atoms with Crippen molar-refractivity contribution < 1.29 is 17.9 Å². The second-order valence-electron chi connectivity index (χ2n) is 4.51. The van der Waals surface area contributed by atoms with E-state index >= 15 is 0 Å². The molecule has 0 spiro atoms. The van der Waals surface area contributed by atoms with Crippen molar-refractivity contribution in [3.63, 3.8) is 0 Å². The Balaban J connectivity index is 3.45. The van der Waals surface area contributed by atoms with Crippen molar-refractivity contribution in [2.75, 3.05) is 13.2 Å². The van der Waals surface area contributed by atoms with E-state index in [2.05, 4.69) is 0 Å². The molecule has 0 aliphatic heterocycles. The van der Waals surface area contributed by atoms with Gasteiger partial charge in [0.1, 0.15) is 11.5 Å². The fourth-order valence-corrected chi connectivity index (χ4v) is 2.72. The molecule has 6 nitrogen and oxygen atoms in total. The molecule has 1 rings (SSSR count). The molecular formula is C13H22N2O4S. The van der Waals surface area contributed by atoms with Crippen molar-refractivity contribution in [3.05, 3.63) is 17.7 Å². The van der Waals surface area contributed by atoms with Crippen LogP contribution in [-0.4, -0.2) is 27.7 Å². The van der Waals surface area contributed by atoms with E-state index in [0.717, 1.165) is 5.56 Å². The highest BCUT2D eigenvalue weighted by Gasteiger charge is 2.23. The maximum atomic E-state index is 11.8. The van der Waals surface area contributed by atoms with E-state index < -0.39 is 10.0 Å². The average Bonchev–Trinajstić information content (AvgIpc) is 2.26. The van der Waals surface area contributed by atoms with Gasteiger partial charge in [0.05, 0.1) is 13.2 Å². The van der Waals surface area contributed by atoms with Crippen molar-refractivity contribution in [1.82, 2.24) is 0 Å². The van der Waals surface area contributed by atoms with Crippen LogP contribution < -0.4 is 20.3 Å². The van der Waals surface area contributed by atoms with Gasteiger partial charge in [-0.05, 0) is 44.9 Å². The molecule has 0 bridgehead atoms. The second kappa shape index (κ2) is 6.92. The molecule has 1 atom stereocenters. The summed E-state index contributed by atoms with van der Waals surface area (Å²) in [6, 6.07) is 3.24. The summed E-state index contributed by atoms with van der Waals surface area (Å²) in [6.45, 7) is 6.07. The van der Waals surface area contributed by atoms with E-state index in [1.54, 1.807) is 26.0 Å². The minimum absolute atomic E-state index is 0.0562. The molecule has 1 aromatic carbocycles. The van der Waals surface area contributed by atoms with Crippen LogP contribution in [0.4, 0.5) is 0 Å². The number of sulfonamides is 1. The summed E-state index contributed by atoms with van der Waals surface area (Å²) in [5.74, 6) is 0.410. The summed E-state index contributed by atoms with van der Waals surface area (Å²) < 4.78 is 34.3. The summed E-state index contributed by atoms with van der Waals surface area (Å²) in [4.78, 5) is -0.116. The Hall–Kier alpha value is -1.31. The molecule has 4 N–H and O–H groups in total. The van der Waals surface area contributed by atoms with Crippen molar-refractivity contribution in [2.45, 2.75) is 38.1 Å². The van der Waals surface area contributed by atoms with Crippen LogP contribution in [0.25, 0.3) is 0 Å². The van der Waals surface area contributed by atoms with Crippen molar-refractivity contribution in [3.8, 4) is 11.5 Å². The van der Waals surface area contributed by atoms with E-state index in [-0.39, 0.29) is 22.4 Å². The van der Waals surface area contributed by atoms with Gasteiger partial charge in [0.25, 0.3) is 0 Å². The first kappa shape index (κ1) is 16.7. The van der Waals surface area contributed by atoms with E-state index in [1.165, 1.54) is 0 Å². The molecule has 0 radical (unpaired) electrons. The molecule has 0 amide bonds. The van der Waals surface area contributed by atoms with E-state index in [9.17, 15) is 8.42 Å². The number of primary sulfonamides is 1. The predicted molar refractivity (Wildman–Crippen MR) is 77.5 cm³/mol. The summed E-state index contributed by atoms with van der Waals surface area (Å²) in [5.41, 5.74) is 6.62. The topological polar surface area (TPSA) is 105 Å². The maximum absolute atomic E-state index is 11.8. The molecule has 0 aliphatic carbocycles. The van der Waals surface area contributed by atoms with Crippen LogP contribution in [0.15, 0.2) is 17.0 Å². The third kappa shape index (κ3) is 4.36. The van der Waals surface area contributed by atoms with E-state index in [4.69, 9.17) is 20.3 Å². The Morgan fingerprint density at radius 1 is 1.15 bits per heavy atom. The molecule has 0 heterocycles. The largest absolute Gasteiger partial charge is 0.492 e. The Morgan fingerprint density at radius 3 is 1.90 bits per heavy atom. The van der Waals surface area contributed by atoms with Gasteiger partial charge in [-0.3, -0.25) is 0 Å². The minimum Gasteiger partial charge on any atom is -0.492 e. The molecule has 7 heteroatoms. The van der Waals surface area contributed by atoms with Crippen LogP contribution in [0.3, 0.4) is 0 Å². The molecule has 1 unspecified atom stereocenters. The number of hydrogen-bond donors (Lipinski definition) is 2. The molecule has 0 saturated heterocycles. The lowest BCUT2D eigenvalue weighted by molar-refractivity contribution is 0.306. The van der Waals surface area contributed by atoms with Gasteiger partial charge >= 0.3 is 0 Å². The Labute approximate surface area is 120 Å². The van der Waals surface area contributed by atoms with Gasteiger partial charge in [-0.15, -0.1) is 0 Å². The number of nitrogens with two attached hydrogens (primary N) is 2. The first-order chi connectivity index (χ1) is 9.29. The number of benzene rings is 1. The lowest BCUT2D eigenvalue weighted by Crippen LogP contribution is -2.19. The summed E-state index contributed by atoms with van der Waals surface area (Å²) in [5, 5.41) is 5.26. The normalized spacial score (nSPS) is 13.1. The van der Waals surface area contributed by atoms with Crippen LogP contribution in [-0.2, 0) is 16.4 Å². The van der Waals surface area contributed by atoms with Gasteiger partial charge < -0.3 is 15.2 Å². The van der Waals surface area contributed by atoms with Crippen LogP contribution in [0.5, 0.6) is 11.5 Å². The first-order valence-electron chi connectivity index (χ1n) is 6.50. The fourth-order valence-electron chi connectivity index (χ4n) is 1.93. The second-order valence-corrected chi connectivity index (χ2v) is 6.01. The lowest BCUT2D eigenvalue weighted by atomic mass is 10.1. The van der Waals surface area contributed by atoms with Crippen LogP contribution in [0.2, 0.25) is 0 Å². The first-order valence-corrected chi connectivity index (χ1v) is 8.05. The molecule has 0 aromatic heterocycles. The standard InChI is InChI=1S/C13H22N2O4S/c1-4-18-11-7-10(6-9(3)14)8-12(19-5-2)13(11)20(15,16)17/h7-9H,4-6,14H2,1-3H3,(H2,15,16,17). The Morgan fingerprint density at radius 2 is 1.60 bits per heavy atom. The summed E-state index contributed by atoms with van der Waals surface area (Å²) in [7, 11) is -3.93. The van der Waals surface area contributed by atoms with Gasteiger partial charge in [0, 0.05) is 6.04 Å².